The summed E-state index contributed by atoms with van der Waals surface area (Å²) in [7, 11) is 5.01. The molecule has 0 bridgehead atoms. The van der Waals surface area contributed by atoms with E-state index < -0.39 is 36.2 Å². The van der Waals surface area contributed by atoms with Crippen molar-refractivity contribution in [2.45, 2.75) is 43.0 Å². The van der Waals surface area contributed by atoms with E-state index in [1.165, 1.54) is 34.6 Å². The number of ether oxygens (including phenoxy) is 4. The number of aliphatic hydroxyl groups excluding tert-OH is 2. The molecule has 0 saturated carbocycles. The minimum absolute atomic E-state index is 0.00600. The van der Waals surface area contributed by atoms with E-state index in [1.54, 1.807) is 35.1 Å². The van der Waals surface area contributed by atoms with Gasteiger partial charge in [-0.2, -0.15) is 0 Å². The maximum absolute atomic E-state index is 12.7. The molecule has 314 valence electrons. The number of aromatic hydroxyl groups is 1. The first-order valence-corrected chi connectivity index (χ1v) is 22.2. The lowest BCUT2D eigenvalue weighted by molar-refractivity contribution is -0.316. The number of nitrogens with zero attached hydrogens (tertiary/aromatic N) is 1. The first kappa shape index (κ1) is 42.8. The molecule has 2 saturated heterocycles. The van der Waals surface area contributed by atoms with Crippen LogP contribution in [0.5, 0.6) is 17.2 Å². The third-order valence-corrected chi connectivity index (χ3v) is 13.4. The highest BCUT2D eigenvalue weighted by Crippen LogP contribution is 2.42. The van der Waals surface area contributed by atoms with Gasteiger partial charge in [0.15, 0.2) is 11.7 Å². The van der Waals surface area contributed by atoms with Crippen LogP contribution in [-0.4, -0.2) is 119 Å². The summed E-state index contributed by atoms with van der Waals surface area (Å²) >= 11 is 0. The first-order valence-electron chi connectivity index (χ1n) is 19.7. The fourth-order valence-corrected chi connectivity index (χ4v) is 10.2. The van der Waals surface area contributed by atoms with Crippen LogP contribution in [0, 0.1) is 17.8 Å². The van der Waals surface area contributed by atoms with Gasteiger partial charge in [0.05, 0.1) is 12.1 Å². The number of aliphatic carboxylic acids is 1. The van der Waals surface area contributed by atoms with Crippen LogP contribution >= 0.6 is 21.6 Å². The van der Waals surface area contributed by atoms with Crippen LogP contribution < -0.4 is 20.1 Å². The molecule has 8 unspecified atom stereocenters. The van der Waals surface area contributed by atoms with Gasteiger partial charge in [0.1, 0.15) is 47.8 Å². The van der Waals surface area contributed by atoms with Gasteiger partial charge in [0.25, 0.3) is 0 Å². The Hall–Kier alpha value is -4.32. The Morgan fingerprint density at radius 1 is 1.12 bits per heavy atom. The van der Waals surface area contributed by atoms with Crippen LogP contribution in [0.2, 0.25) is 0 Å². The number of carboxylic acids is 1. The van der Waals surface area contributed by atoms with Crippen molar-refractivity contribution in [3.63, 3.8) is 0 Å². The SMILES string of the molecule is CNCCC(CC=Cc1ccccc1)C1CNCC2(O)C(Oc3ccc4c(c3)OCC(c3ccc(O)cc3)=C4O)OC(C(=O)O)C(O)C2OCSSCC1C1=CCN=C1. The predicted octanol–water partition coefficient (Wildman–Crippen LogP) is 5.39. The number of β-amino-alcohol motifs (C(OH)–C–C–N with tert-alkyl or cyclic N) is 1. The number of aliphatic hydroxyl groups is 3. The molecule has 7 rings (SSSR count). The van der Waals surface area contributed by atoms with Crippen LogP contribution in [0.15, 0.2) is 95.5 Å². The van der Waals surface area contributed by atoms with Crippen molar-refractivity contribution < 1.29 is 49.3 Å². The second-order valence-electron chi connectivity index (χ2n) is 15.1. The van der Waals surface area contributed by atoms with Crippen LogP contribution in [-0.2, 0) is 14.3 Å². The molecule has 8 atom stereocenters. The zero-order valence-electron chi connectivity index (χ0n) is 32.7. The first-order chi connectivity index (χ1) is 28.7. The highest BCUT2D eigenvalue weighted by Gasteiger charge is 2.59. The third-order valence-electron chi connectivity index (χ3n) is 11.3. The molecule has 0 radical (unpaired) electrons. The quantitative estimate of drug-likeness (QED) is 0.115. The van der Waals surface area contributed by atoms with E-state index in [9.17, 15) is 30.3 Å². The number of carboxylic acid groups (broad SMARTS) is 1. The molecule has 59 heavy (non-hydrogen) atoms. The van der Waals surface area contributed by atoms with E-state index in [0.29, 0.717) is 35.5 Å². The van der Waals surface area contributed by atoms with Crippen molar-refractivity contribution in [3.05, 3.63) is 107 Å². The molecule has 2 fully saturated rings. The maximum Gasteiger partial charge on any atom is 0.335 e. The molecule has 0 aliphatic carbocycles. The number of phenolic OH excluding ortho intramolecular Hbond substituents is 1. The molecular weight excluding hydrogens is 795 g/mol. The Morgan fingerprint density at radius 3 is 2.68 bits per heavy atom. The number of fused-ring (bicyclic) bond motifs is 2. The Morgan fingerprint density at radius 2 is 1.93 bits per heavy atom. The van der Waals surface area contributed by atoms with E-state index in [0.717, 1.165) is 30.7 Å². The Kier molecular flexibility index (Phi) is 14.4. The number of nitrogens with one attached hydrogen (secondary N) is 2. The van der Waals surface area contributed by atoms with Gasteiger partial charge in [-0.3, -0.25) is 4.99 Å². The second-order valence-corrected chi connectivity index (χ2v) is 17.5. The number of carbonyl (C=O) groups is 1. The fourth-order valence-electron chi connectivity index (χ4n) is 8.15. The summed E-state index contributed by atoms with van der Waals surface area (Å²) in [5.74, 6) is 0.355. The Balaban J connectivity index is 1.18. The topological polar surface area (TPSA) is 192 Å². The molecular formula is C44H51N3O10S2. The number of phenols is 1. The normalized spacial score (nSPS) is 28.1. The van der Waals surface area contributed by atoms with Crippen LogP contribution in [0.1, 0.15) is 29.5 Å². The van der Waals surface area contributed by atoms with E-state index in [4.69, 9.17) is 18.9 Å². The van der Waals surface area contributed by atoms with Crippen molar-refractivity contribution in [2.75, 3.05) is 51.5 Å². The summed E-state index contributed by atoms with van der Waals surface area (Å²) in [5.41, 5.74) is 1.82. The number of hydrogen-bond acceptors (Lipinski definition) is 14. The summed E-state index contributed by atoms with van der Waals surface area (Å²) in [6, 6.07) is 21.3. The predicted molar refractivity (Wildman–Crippen MR) is 231 cm³/mol. The minimum atomic E-state index is -2.08. The minimum Gasteiger partial charge on any atom is -0.508 e. The van der Waals surface area contributed by atoms with Gasteiger partial charge in [0.2, 0.25) is 6.29 Å². The fraction of sp³-hybridized carbons (Fsp3) is 0.409. The zero-order valence-corrected chi connectivity index (χ0v) is 34.3. The monoisotopic (exact) mass is 845 g/mol. The number of hydrogen-bond donors (Lipinski definition) is 7. The van der Waals surface area contributed by atoms with Crippen LogP contribution in [0.3, 0.4) is 0 Å². The molecule has 4 heterocycles. The van der Waals surface area contributed by atoms with E-state index in [1.807, 2.05) is 31.5 Å². The molecule has 0 amide bonds. The average Bonchev–Trinajstić information content (AvgIpc) is 3.77. The highest BCUT2D eigenvalue weighted by molar-refractivity contribution is 8.76. The van der Waals surface area contributed by atoms with Crippen molar-refractivity contribution in [2.24, 2.45) is 22.7 Å². The second kappa shape index (κ2) is 19.8. The molecule has 7 N–H and O–H groups in total. The van der Waals surface area contributed by atoms with Crippen LogP contribution in [0.25, 0.3) is 17.4 Å². The summed E-state index contributed by atoms with van der Waals surface area (Å²) in [6.07, 6.45) is 3.71. The van der Waals surface area contributed by atoms with Gasteiger partial charge < -0.3 is 55.1 Å². The average molecular weight is 846 g/mol. The number of aliphatic imine (C=N–C) groups is 1. The maximum atomic E-state index is 12.7. The van der Waals surface area contributed by atoms with Crippen molar-refractivity contribution in [3.8, 4) is 17.2 Å². The summed E-state index contributed by atoms with van der Waals surface area (Å²) in [5, 5.41) is 62.0. The molecule has 4 aliphatic heterocycles. The smallest absolute Gasteiger partial charge is 0.335 e. The summed E-state index contributed by atoms with van der Waals surface area (Å²) in [4.78, 5) is 17.0. The molecule has 13 nitrogen and oxygen atoms in total. The van der Waals surface area contributed by atoms with Crippen molar-refractivity contribution in [1.29, 1.82) is 0 Å². The molecule has 4 aliphatic rings. The van der Waals surface area contributed by atoms with Gasteiger partial charge >= 0.3 is 5.97 Å². The third kappa shape index (κ3) is 10.0. The van der Waals surface area contributed by atoms with Gasteiger partial charge in [-0.05, 0) is 91.7 Å². The van der Waals surface area contributed by atoms with E-state index >= 15 is 0 Å². The van der Waals surface area contributed by atoms with Gasteiger partial charge in [-0.1, -0.05) is 82.3 Å². The number of rotatable bonds is 12. The molecule has 0 aromatic heterocycles. The summed E-state index contributed by atoms with van der Waals surface area (Å²) < 4.78 is 24.4. The highest BCUT2D eigenvalue weighted by atomic mass is 33.1. The lowest BCUT2D eigenvalue weighted by Gasteiger charge is -2.49. The van der Waals surface area contributed by atoms with Gasteiger partial charge in [0, 0.05) is 30.2 Å². The van der Waals surface area contributed by atoms with Crippen molar-refractivity contribution >= 4 is 51.2 Å². The lowest BCUT2D eigenvalue weighted by atomic mass is 9.75. The molecule has 0 spiro atoms. The van der Waals surface area contributed by atoms with Crippen molar-refractivity contribution in [1.82, 2.24) is 10.6 Å². The standard InChI is InChI=1S/C44H51N3O10S2/c1-45-18-16-28(9-5-8-27-6-3-2-4-7-27)34-22-47-25-44(53)41(55-26-59-58-24-36(34)30-17-19-46-21-30)39(50)40(42(51)52)57-43(44)56-32-14-15-33-37(20-32)54-23-35(38(33)49)29-10-12-31(48)13-11-29/h2-8,10-15,17,20-21,28,34,36,39-41,43,45,47-50,53H,9,16,18-19,22-26H2,1H3,(H,51,52). The van der Waals surface area contributed by atoms with Crippen LogP contribution in [0.4, 0.5) is 0 Å². The zero-order chi connectivity index (χ0) is 41.4. The van der Waals surface area contributed by atoms with E-state index in [-0.39, 0.29) is 54.1 Å². The Bertz CT molecular complexity index is 2030. The molecule has 3 aromatic carbocycles. The molecule has 3 aromatic rings. The molecule has 15 heteroatoms. The Labute approximate surface area is 351 Å². The summed E-state index contributed by atoms with van der Waals surface area (Å²) in [6.45, 7) is 1.77. The van der Waals surface area contributed by atoms with Gasteiger partial charge in [-0.15, -0.1) is 0 Å². The lowest BCUT2D eigenvalue weighted by Crippen LogP contribution is -2.72. The van der Waals surface area contributed by atoms with E-state index in [2.05, 4.69) is 46.0 Å². The number of benzene rings is 3. The number of allylic oxidation sites excluding steroid dienone is 2. The largest absolute Gasteiger partial charge is 0.508 e. The van der Waals surface area contributed by atoms with Gasteiger partial charge in [-0.25, -0.2) is 4.79 Å².